The molecule has 176 valence electrons. The number of hydrogen-bond acceptors (Lipinski definition) is 6. The van der Waals surface area contributed by atoms with Crippen molar-refractivity contribution in [2.75, 3.05) is 23.3 Å². The van der Waals surface area contributed by atoms with Crippen molar-refractivity contribution in [3.63, 3.8) is 0 Å². The van der Waals surface area contributed by atoms with E-state index < -0.39 is 34.8 Å². The van der Waals surface area contributed by atoms with E-state index in [0.29, 0.717) is 16.8 Å². The molecule has 2 aromatic heterocycles. The number of benzene rings is 1. The lowest BCUT2D eigenvalue weighted by atomic mass is 10.1. The summed E-state index contributed by atoms with van der Waals surface area (Å²) < 4.78 is 0. The molecule has 34 heavy (non-hydrogen) atoms. The Hall–Kier alpha value is -4.21. The predicted molar refractivity (Wildman–Crippen MR) is 127 cm³/mol. The van der Waals surface area contributed by atoms with Gasteiger partial charge < -0.3 is 25.6 Å². The number of carbonyl (C=O) groups excluding carboxylic acids is 2. The number of carbonyl (C=O) groups is 3. The molecule has 0 aliphatic carbocycles. The van der Waals surface area contributed by atoms with E-state index in [0.717, 1.165) is 37.9 Å². The Morgan fingerprint density at radius 3 is 2.56 bits per heavy atom. The third-order valence-corrected chi connectivity index (χ3v) is 5.81. The average molecular weight is 463 g/mol. The molecular weight excluding hydrogens is 438 g/mol. The van der Waals surface area contributed by atoms with Gasteiger partial charge >= 0.3 is 5.97 Å². The Morgan fingerprint density at radius 1 is 1.12 bits per heavy atom. The van der Waals surface area contributed by atoms with Crippen molar-refractivity contribution in [1.82, 2.24) is 15.3 Å². The molecule has 4 rings (SSSR count). The number of carboxylic acids is 1. The lowest BCUT2D eigenvalue weighted by Crippen LogP contribution is -2.41. The maximum absolute atomic E-state index is 12.6. The zero-order valence-corrected chi connectivity index (χ0v) is 18.6. The van der Waals surface area contributed by atoms with Gasteiger partial charge in [-0.2, -0.15) is 0 Å². The van der Waals surface area contributed by atoms with Crippen LogP contribution in [-0.2, 0) is 4.79 Å². The first kappa shape index (κ1) is 23.0. The van der Waals surface area contributed by atoms with Gasteiger partial charge in [0.05, 0.1) is 5.56 Å². The molecule has 0 radical (unpaired) electrons. The standard InChI is InChI=1S/C24H25N5O5/c1-14(27-23(32)15-5-8-20(26-12-15)29-9-3-2-4-10-29)22(31)28-16-6-7-19-17(11-16)21(30)18(13-25-19)24(33)34/h5-8,11-14H,2-4,9-10H2,1H3,(H,25,30)(H,27,32)(H,28,31)(H,33,34)/t14-/m0/s1. The lowest BCUT2D eigenvalue weighted by molar-refractivity contribution is -0.117. The second kappa shape index (κ2) is 9.74. The number of piperidine rings is 1. The van der Waals surface area contributed by atoms with Crippen LogP contribution in [0.2, 0.25) is 0 Å². The Kier molecular flexibility index (Phi) is 6.58. The fourth-order valence-corrected chi connectivity index (χ4v) is 3.88. The summed E-state index contributed by atoms with van der Waals surface area (Å²) in [5.74, 6) is -1.43. The first-order valence-electron chi connectivity index (χ1n) is 11.0. The first-order chi connectivity index (χ1) is 16.3. The summed E-state index contributed by atoms with van der Waals surface area (Å²) in [5, 5.41) is 14.5. The van der Waals surface area contributed by atoms with Crippen LogP contribution in [0.15, 0.2) is 47.5 Å². The van der Waals surface area contributed by atoms with E-state index in [1.165, 1.54) is 18.7 Å². The van der Waals surface area contributed by atoms with Crippen LogP contribution in [0.25, 0.3) is 10.9 Å². The highest BCUT2D eigenvalue weighted by molar-refractivity contribution is 6.02. The monoisotopic (exact) mass is 463 g/mol. The molecule has 10 nitrogen and oxygen atoms in total. The number of aromatic amines is 1. The number of H-pyrrole nitrogens is 1. The van der Waals surface area contributed by atoms with Gasteiger partial charge in [0.15, 0.2) is 0 Å². The van der Waals surface area contributed by atoms with Crippen LogP contribution < -0.4 is 21.0 Å². The molecule has 1 aliphatic heterocycles. The van der Waals surface area contributed by atoms with Gasteiger partial charge in [0, 0.05) is 42.1 Å². The molecule has 0 spiro atoms. The molecule has 10 heteroatoms. The summed E-state index contributed by atoms with van der Waals surface area (Å²) in [6, 6.07) is 7.17. The smallest absolute Gasteiger partial charge is 0.341 e. The number of pyridine rings is 2. The van der Waals surface area contributed by atoms with Crippen molar-refractivity contribution in [2.45, 2.75) is 32.2 Å². The minimum atomic E-state index is -1.34. The van der Waals surface area contributed by atoms with Gasteiger partial charge in [0.1, 0.15) is 17.4 Å². The van der Waals surface area contributed by atoms with Crippen LogP contribution in [0.4, 0.5) is 11.5 Å². The highest BCUT2D eigenvalue weighted by Crippen LogP contribution is 2.18. The Bertz CT molecular complexity index is 1300. The third-order valence-electron chi connectivity index (χ3n) is 5.81. The highest BCUT2D eigenvalue weighted by Gasteiger charge is 2.19. The highest BCUT2D eigenvalue weighted by atomic mass is 16.4. The minimum Gasteiger partial charge on any atom is -0.477 e. The van der Waals surface area contributed by atoms with E-state index in [2.05, 4.69) is 25.5 Å². The van der Waals surface area contributed by atoms with E-state index in [-0.39, 0.29) is 5.39 Å². The fourth-order valence-electron chi connectivity index (χ4n) is 3.88. The molecule has 1 aromatic carbocycles. The molecule has 3 aromatic rings. The molecule has 3 heterocycles. The van der Waals surface area contributed by atoms with Gasteiger partial charge in [-0.25, -0.2) is 9.78 Å². The molecule has 4 N–H and O–H groups in total. The second-order valence-electron chi connectivity index (χ2n) is 8.23. The molecule has 0 bridgehead atoms. The quantitative estimate of drug-likeness (QED) is 0.439. The van der Waals surface area contributed by atoms with Crippen molar-refractivity contribution in [1.29, 1.82) is 0 Å². The SMILES string of the molecule is C[C@H](NC(=O)c1ccc(N2CCCCC2)nc1)C(=O)Nc1ccc2[nH]cc(C(=O)O)c(=O)c2c1. The van der Waals surface area contributed by atoms with E-state index in [1.807, 2.05) is 6.07 Å². The molecule has 2 amide bonds. The molecular formula is C24H25N5O5. The van der Waals surface area contributed by atoms with E-state index >= 15 is 0 Å². The van der Waals surface area contributed by atoms with Crippen LogP contribution in [0.1, 0.15) is 46.9 Å². The number of aromatic carboxylic acids is 1. The van der Waals surface area contributed by atoms with Crippen molar-refractivity contribution in [3.8, 4) is 0 Å². The lowest BCUT2D eigenvalue weighted by Gasteiger charge is -2.27. The maximum atomic E-state index is 12.6. The molecule has 1 fully saturated rings. The summed E-state index contributed by atoms with van der Waals surface area (Å²) in [4.78, 5) is 58.1. The zero-order valence-electron chi connectivity index (χ0n) is 18.6. The van der Waals surface area contributed by atoms with Gasteiger partial charge in [0.25, 0.3) is 5.91 Å². The summed E-state index contributed by atoms with van der Waals surface area (Å²) in [7, 11) is 0. The minimum absolute atomic E-state index is 0.134. The number of hydrogen-bond donors (Lipinski definition) is 4. The summed E-state index contributed by atoms with van der Waals surface area (Å²) in [6.07, 6.45) is 6.11. The predicted octanol–water partition coefficient (Wildman–Crippen LogP) is 2.37. The second-order valence-corrected chi connectivity index (χ2v) is 8.23. The molecule has 1 saturated heterocycles. The van der Waals surface area contributed by atoms with Crippen molar-refractivity contribution in [3.05, 3.63) is 64.1 Å². The number of aromatic nitrogens is 2. The maximum Gasteiger partial charge on any atom is 0.341 e. The van der Waals surface area contributed by atoms with Crippen LogP contribution in [0.3, 0.4) is 0 Å². The van der Waals surface area contributed by atoms with Crippen molar-refractivity contribution < 1.29 is 19.5 Å². The molecule has 0 unspecified atom stereocenters. The van der Waals surface area contributed by atoms with Gasteiger partial charge in [0.2, 0.25) is 11.3 Å². The molecule has 0 saturated carbocycles. The Labute approximate surface area is 195 Å². The normalized spacial score (nSPS) is 14.4. The van der Waals surface area contributed by atoms with Crippen molar-refractivity contribution in [2.24, 2.45) is 0 Å². The van der Waals surface area contributed by atoms with Crippen LogP contribution >= 0.6 is 0 Å². The Morgan fingerprint density at radius 2 is 1.88 bits per heavy atom. The average Bonchev–Trinajstić information content (AvgIpc) is 2.85. The van der Waals surface area contributed by atoms with Gasteiger partial charge in [-0.05, 0) is 56.5 Å². The van der Waals surface area contributed by atoms with Gasteiger partial charge in [-0.1, -0.05) is 0 Å². The number of carboxylic acid groups (broad SMARTS) is 1. The van der Waals surface area contributed by atoms with Gasteiger partial charge in [-0.3, -0.25) is 14.4 Å². The van der Waals surface area contributed by atoms with E-state index in [9.17, 15) is 19.2 Å². The molecule has 1 aliphatic rings. The molecule has 1 atom stereocenters. The summed E-state index contributed by atoms with van der Waals surface area (Å²) >= 11 is 0. The number of amides is 2. The summed E-state index contributed by atoms with van der Waals surface area (Å²) in [5.41, 5.74) is 0.0450. The van der Waals surface area contributed by atoms with Crippen LogP contribution in [0.5, 0.6) is 0 Å². The van der Waals surface area contributed by atoms with Gasteiger partial charge in [-0.15, -0.1) is 0 Å². The third kappa shape index (κ3) is 4.90. The van der Waals surface area contributed by atoms with Crippen LogP contribution in [0, 0.1) is 0 Å². The van der Waals surface area contributed by atoms with E-state index in [4.69, 9.17) is 5.11 Å². The Balaban J connectivity index is 1.41. The number of fused-ring (bicyclic) bond motifs is 1. The first-order valence-corrected chi connectivity index (χ1v) is 11.0. The van der Waals surface area contributed by atoms with E-state index in [1.54, 1.807) is 25.1 Å². The largest absolute Gasteiger partial charge is 0.477 e. The number of nitrogens with zero attached hydrogens (tertiary/aromatic N) is 2. The zero-order chi connectivity index (χ0) is 24.2. The number of anilines is 2. The van der Waals surface area contributed by atoms with Crippen LogP contribution in [-0.4, -0.2) is 52.0 Å². The van der Waals surface area contributed by atoms with Crippen molar-refractivity contribution >= 4 is 40.2 Å². The number of nitrogens with one attached hydrogen (secondary N) is 3. The topological polar surface area (TPSA) is 144 Å². The fraction of sp³-hybridized carbons (Fsp3) is 0.292. The number of rotatable bonds is 6. The summed E-state index contributed by atoms with van der Waals surface area (Å²) in [6.45, 7) is 3.45.